The van der Waals surface area contributed by atoms with Gasteiger partial charge in [-0.25, -0.2) is 4.99 Å². The van der Waals surface area contributed by atoms with Crippen LogP contribution in [0.25, 0.3) is 0 Å². The zero-order valence-corrected chi connectivity index (χ0v) is 15.4. The van der Waals surface area contributed by atoms with Crippen molar-refractivity contribution in [3.8, 4) is 11.5 Å². The van der Waals surface area contributed by atoms with Gasteiger partial charge in [-0.3, -0.25) is 4.90 Å². The number of likely N-dealkylation sites (tertiary alicyclic amines) is 1. The second kappa shape index (κ2) is 8.94. The van der Waals surface area contributed by atoms with Crippen molar-refractivity contribution in [1.29, 1.82) is 0 Å². The fourth-order valence-corrected chi connectivity index (χ4v) is 3.40. The average molecular weight is 346 g/mol. The van der Waals surface area contributed by atoms with Crippen molar-refractivity contribution in [2.45, 2.75) is 45.7 Å². The molecule has 0 aromatic heterocycles. The van der Waals surface area contributed by atoms with Crippen molar-refractivity contribution in [3.63, 3.8) is 0 Å². The number of benzene rings is 1. The molecule has 1 aromatic rings. The number of hydrogen-bond acceptors (Lipinski definition) is 4. The molecule has 1 unspecified atom stereocenters. The van der Waals surface area contributed by atoms with E-state index in [-0.39, 0.29) is 0 Å². The first-order valence-corrected chi connectivity index (χ1v) is 9.45. The third-order valence-corrected chi connectivity index (χ3v) is 4.83. The normalized spacial score (nSPS) is 18.4. The molecule has 0 spiro atoms. The summed E-state index contributed by atoms with van der Waals surface area (Å²) in [4.78, 5) is 7.31. The van der Waals surface area contributed by atoms with E-state index in [1.165, 1.54) is 25.9 Å². The smallest absolute Gasteiger partial charge is 0.231 e. The second-order valence-corrected chi connectivity index (χ2v) is 6.57. The molecule has 3 rings (SSSR count). The Bertz CT molecular complexity index is 585. The molecule has 25 heavy (non-hydrogen) atoms. The van der Waals surface area contributed by atoms with Gasteiger partial charge in [0.2, 0.25) is 6.79 Å². The molecule has 0 amide bonds. The summed E-state index contributed by atoms with van der Waals surface area (Å²) in [5.74, 6) is 2.50. The maximum absolute atomic E-state index is 5.44. The van der Waals surface area contributed by atoms with Crippen molar-refractivity contribution in [3.05, 3.63) is 23.8 Å². The van der Waals surface area contributed by atoms with E-state index >= 15 is 0 Å². The highest BCUT2D eigenvalue weighted by Crippen LogP contribution is 2.32. The van der Waals surface area contributed by atoms with Crippen LogP contribution in [0.2, 0.25) is 0 Å². The molecular formula is C19H30N4O2. The summed E-state index contributed by atoms with van der Waals surface area (Å²) in [6, 6.07) is 6.58. The summed E-state index contributed by atoms with van der Waals surface area (Å²) >= 11 is 0. The van der Waals surface area contributed by atoms with E-state index in [2.05, 4.69) is 29.4 Å². The van der Waals surface area contributed by atoms with E-state index in [1.54, 1.807) is 0 Å². The SMILES string of the molecule is CCNC(=NCc1ccc2c(c1)OCO2)NCC(CC)N1CCCC1. The van der Waals surface area contributed by atoms with Crippen LogP contribution in [0.5, 0.6) is 11.5 Å². The van der Waals surface area contributed by atoms with E-state index < -0.39 is 0 Å². The number of nitrogens with zero attached hydrogens (tertiary/aromatic N) is 2. The molecule has 2 heterocycles. The van der Waals surface area contributed by atoms with Gasteiger partial charge in [-0.2, -0.15) is 0 Å². The van der Waals surface area contributed by atoms with Gasteiger partial charge in [0.25, 0.3) is 0 Å². The lowest BCUT2D eigenvalue weighted by Crippen LogP contribution is -2.46. The van der Waals surface area contributed by atoms with Gasteiger partial charge in [0.15, 0.2) is 17.5 Å². The second-order valence-electron chi connectivity index (χ2n) is 6.57. The molecule has 1 atom stereocenters. The van der Waals surface area contributed by atoms with Crippen molar-refractivity contribution in [2.24, 2.45) is 4.99 Å². The minimum Gasteiger partial charge on any atom is -0.454 e. The first-order chi connectivity index (χ1) is 12.3. The zero-order chi connectivity index (χ0) is 17.5. The monoisotopic (exact) mass is 346 g/mol. The molecular weight excluding hydrogens is 316 g/mol. The summed E-state index contributed by atoms with van der Waals surface area (Å²) in [7, 11) is 0. The lowest BCUT2D eigenvalue weighted by atomic mass is 10.2. The van der Waals surface area contributed by atoms with E-state index in [0.29, 0.717) is 19.4 Å². The lowest BCUT2D eigenvalue weighted by molar-refractivity contribution is 0.174. The standard InChI is InChI=1S/C19H30N4O2/c1-3-16(23-9-5-6-10-23)13-22-19(20-4-2)21-12-15-7-8-17-18(11-15)25-14-24-17/h7-8,11,16H,3-6,9-10,12-14H2,1-2H3,(H2,20,21,22). The van der Waals surface area contributed by atoms with Crippen molar-refractivity contribution < 1.29 is 9.47 Å². The molecule has 0 radical (unpaired) electrons. The van der Waals surface area contributed by atoms with E-state index in [0.717, 1.165) is 42.5 Å². The van der Waals surface area contributed by atoms with Gasteiger partial charge in [0.05, 0.1) is 6.54 Å². The van der Waals surface area contributed by atoms with Crippen LogP contribution in [-0.4, -0.2) is 49.9 Å². The van der Waals surface area contributed by atoms with Crippen LogP contribution in [0.3, 0.4) is 0 Å². The fraction of sp³-hybridized carbons (Fsp3) is 0.632. The van der Waals surface area contributed by atoms with E-state index in [9.17, 15) is 0 Å². The number of guanidine groups is 1. The molecule has 1 saturated heterocycles. The third kappa shape index (κ3) is 4.78. The van der Waals surface area contributed by atoms with Crippen LogP contribution in [-0.2, 0) is 6.54 Å². The van der Waals surface area contributed by atoms with Crippen LogP contribution in [0, 0.1) is 0 Å². The number of aliphatic imine (C=N–C) groups is 1. The highest BCUT2D eigenvalue weighted by molar-refractivity contribution is 5.79. The molecule has 1 fully saturated rings. The van der Waals surface area contributed by atoms with Gasteiger partial charge in [0, 0.05) is 19.1 Å². The molecule has 6 heteroatoms. The highest BCUT2D eigenvalue weighted by Gasteiger charge is 2.20. The van der Waals surface area contributed by atoms with Gasteiger partial charge >= 0.3 is 0 Å². The summed E-state index contributed by atoms with van der Waals surface area (Å²) < 4.78 is 10.8. The van der Waals surface area contributed by atoms with Crippen molar-refractivity contribution in [2.75, 3.05) is 33.0 Å². The largest absolute Gasteiger partial charge is 0.454 e. The predicted octanol–water partition coefficient (Wildman–Crippen LogP) is 2.34. The Labute approximate surface area is 150 Å². The van der Waals surface area contributed by atoms with Crippen LogP contribution in [0.4, 0.5) is 0 Å². The zero-order valence-electron chi connectivity index (χ0n) is 15.4. The van der Waals surface area contributed by atoms with Crippen LogP contribution in [0.1, 0.15) is 38.7 Å². The Balaban J connectivity index is 1.56. The minimum atomic E-state index is 0.307. The van der Waals surface area contributed by atoms with Crippen LogP contribution in [0.15, 0.2) is 23.2 Å². The summed E-state index contributed by atoms with van der Waals surface area (Å²) in [5.41, 5.74) is 1.12. The molecule has 6 nitrogen and oxygen atoms in total. The Kier molecular flexibility index (Phi) is 6.39. The average Bonchev–Trinajstić information content (AvgIpc) is 3.31. The molecule has 0 aliphatic carbocycles. The number of rotatable bonds is 7. The quantitative estimate of drug-likeness (QED) is 0.586. The number of nitrogens with one attached hydrogen (secondary N) is 2. The Morgan fingerprint density at radius 1 is 1.16 bits per heavy atom. The highest BCUT2D eigenvalue weighted by atomic mass is 16.7. The first kappa shape index (κ1) is 17.9. The molecule has 0 bridgehead atoms. The van der Waals surface area contributed by atoms with Gasteiger partial charge in [0.1, 0.15) is 0 Å². The fourth-order valence-electron chi connectivity index (χ4n) is 3.40. The topological polar surface area (TPSA) is 58.1 Å². The predicted molar refractivity (Wildman–Crippen MR) is 100 cm³/mol. The first-order valence-electron chi connectivity index (χ1n) is 9.45. The Hall–Kier alpha value is -1.95. The maximum Gasteiger partial charge on any atom is 0.231 e. The summed E-state index contributed by atoms with van der Waals surface area (Å²) in [5, 5.41) is 6.85. The molecule has 2 aliphatic rings. The number of fused-ring (bicyclic) bond motifs is 1. The van der Waals surface area contributed by atoms with E-state index in [1.807, 2.05) is 18.2 Å². The number of hydrogen-bond donors (Lipinski definition) is 2. The molecule has 2 aliphatic heterocycles. The minimum absolute atomic E-state index is 0.307. The van der Waals surface area contributed by atoms with Crippen molar-refractivity contribution in [1.82, 2.24) is 15.5 Å². The Morgan fingerprint density at radius 3 is 2.72 bits per heavy atom. The summed E-state index contributed by atoms with van der Waals surface area (Å²) in [6.45, 7) is 9.53. The lowest BCUT2D eigenvalue weighted by Gasteiger charge is -2.27. The van der Waals surface area contributed by atoms with E-state index in [4.69, 9.17) is 14.5 Å². The number of ether oxygens (including phenoxy) is 2. The van der Waals surface area contributed by atoms with Crippen molar-refractivity contribution >= 4 is 5.96 Å². The Morgan fingerprint density at radius 2 is 1.96 bits per heavy atom. The molecule has 1 aromatic carbocycles. The molecule has 0 saturated carbocycles. The molecule has 138 valence electrons. The van der Waals surface area contributed by atoms with Crippen LogP contribution >= 0.6 is 0 Å². The van der Waals surface area contributed by atoms with Gasteiger partial charge in [-0.05, 0) is 57.0 Å². The third-order valence-electron chi connectivity index (χ3n) is 4.83. The van der Waals surface area contributed by atoms with Gasteiger partial charge in [-0.15, -0.1) is 0 Å². The van der Waals surface area contributed by atoms with Gasteiger partial charge in [-0.1, -0.05) is 13.0 Å². The summed E-state index contributed by atoms with van der Waals surface area (Å²) in [6.07, 6.45) is 3.82. The van der Waals surface area contributed by atoms with Gasteiger partial charge < -0.3 is 20.1 Å². The van der Waals surface area contributed by atoms with Crippen LogP contribution < -0.4 is 20.1 Å². The molecule has 2 N–H and O–H groups in total. The maximum atomic E-state index is 5.44.